The lowest BCUT2D eigenvalue weighted by molar-refractivity contribution is -0.147. The van der Waals surface area contributed by atoms with Gasteiger partial charge in [-0.15, -0.1) is 0 Å². The third-order valence-electron chi connectivity index (χ3n) is 3.68. The van der Waals surface area contributed by atoms with E-state index in [0.717, 1.165) is 17.6 Å². The van der Waals surface area contributed by atoms with Crippen molar-refractivity contribution >= 4 is 12.1 Å². The zero-order valence-electron chi connectivity index (χ0n) is 13.7. The Morgan fingerprint density at radius 3 is 2.65 bits per heavy atom. The highest BCUT2D eigenvalue weighted by Gasteiger charge is 2.36. The van der Waals surface area contributed by atoms with Gasteiger partial charge in [0.05, 0.1) is 0 Å². The molecule has 0 bridgehead atoms. The summed E-state index contributed by atoms with van der Waals surface area (Å²) in [4.78, 5) is 25.8. The molecule has 1 fully saturated rings. The molecular formula is C18H23NO4. The lowest BCUT2D eigenvalue weighted by atomic mass is 10.2. The van der Waals surface area contributed by atoms with Gasteiger partial charge < -0.3 is 9.47 Å². The number of likely N-dealkylation sites (tertiary alicyclic amines) is 1. The van der Waals surface area contributed by atoms with E-state index in [1.165, 1.54) is 4.90 Å². The van der Waals surface area contributed by atoms with Crippen molar-refractivity contribution < 1.29 is 19.1 Å². The van der Waals surface area contributed by atoms with Crippen molar-refractivity contribution in [3.8, 4) is 0 Å². The van der Waals surface area contributed by atoms with E-state index in [2.05, 4.69) is 0 Å². The predicted molar refractivity (Wildman–Crippen MR) is 86.7 cm³/mol. The number of ether oxygens (including phenoxy) is 2. The number of esters is 1. The Morgan fingerprint density at radius 1 is 1.22 bits per heavy atom. The van der Waals surface area contributed by atoms with Gasteiger partial charge in [-0.2, -0.15) is 0 Å². The van der Waals surface area contributed by atoms with Crippen LogP contribution in [0.15, 0.2) is 42.0 Å². The summed E-state index contributed by atoms with van der Waals surface area (Å²) in [7, 11) is 0. The standard InChI is InChI=1S/C18H23NO4/c1-14(2)10-12-22-17(20)16-9-6-11-19(16)18(21)23-13-15-7-4-3-5-8-15/h3-5,7-8,10,16H,6,9,11-13H2,1-2H3/t16-/m0/s1. The molecule has 0 radical (unpaired) electrons. The zero-order chi connectivity index (χ0) is 16.7. The molecule has 2 rings (SSSR count). The van der Waals surface area contributed by atoms with E-state index >= 15 is 0 Å². The second-order valence-electron chi connectivity index (χ2n) is 5.80. The number of allylic oxidation sites excluding steroid dienone is 1. The van der Waals surface area contributed by atoms with Gasteiger partial charge in [0.25, 0.3) is 0 Å². The molecule has 1 aromatic carbocycles. The Kier molecular flexibility index (Phi) is 6.20. The van der Waals surface area contributed by atoms with Crippen LogP contribution in [0.25, 0.3) is 0 Å². The SMILES string of the molecule is CC(C)=CCOC(=O)[C@@H]1CCCN1C(=O)OCc1ccccc1. The Morgan fingerprint density at radius 2 is 1.96 bits per heavy atom. The van der Waals surface area contributed by atoms with Crippen molar-refractivity contribution in [2.45, 2.75) is 39.3 Å². The Balaban J connectivity index is 1.86. The highest BCUT2D eigenvalue weighted by atomic mass is 16.6. The number of amides is 1. The summed E-state index contributed by atoms with van der Waals surface area (Å²) < 4.78 is 10.5. The number of hydrogen-bond acceptors (Lipinski definition) is 4. The van der Waals surface area contributed by atoms with E-state index in [9.17, 15) is 9.59 Å². The molecule has 1 heterocycles. The van der Waals surface area contributed by atoms with Crippen molar-refractivity contribution in [1.82, 2.24) is 4.90 Å². The fourth-order valence-corrected chi connectivity index (χ4v) is 2.42. The van der Waals surface area contributed by atoms with E-state index in [4.69, 9.17) is 9.47 Å². The first-order chi connectivity index (χ1) is 11.1. The monoisotopic (exact) mass is 317 g/mol. The van der Waals surface area contributed by atoms with Gasteiger partial charge in [-0.05, 0) is 38.3 Å². The van der Waals surface area contributed by atoms with Gasteiger partial charge in [0, 0.05) is 6.54 Å². The van der Waals surface area contributed by atoms with Crippen LogP contribution in [0.4, 0.5) is 4.79 Å². The quantitative estimate of drug-likeness (QED) is 0.617. The van der Waals surface area contributed by atoms with E-state index in [-0.39, 0.29) is 19.2 Å². The molecule has 1 atom stereocenters. The number of nitrogens with zero attached hydrogens (tertiary/aromatic N) is 1. The van der Waals surface area contributed by atoms with E-state index < -0.39 is 12.1 Å². The van der Waals surface area contributed by atoms with Gasteiger partial charge in [0.2, 0.25) is 0 Å². The molecule has 23 heavy (non-hydrogen) atoms. The van der Waals surface area contributed by atoms with Crippen LogP contribution >= 0.6 is 0 Å². The third kappa shape index (κ3) is 5.13. The van der Waals surface area contributed by atoms with Crippen LogP contribution in [0.3, 0.4) is 0 Å². The number of benzene rings is 1. The molecule has 0 saturated carbocycles. The second kappa shape index (κ2) is 8.36. The molecule has 1 aromatic rings. The summed E-state index contributed by atoms with van der Waals surface area (Å²) in [5, 5.41) is 0. The summed E-state index contributed by atoms with van der Waals surface area (Å²) >= 11 is 0. The van der Waals surface area contributed by atoms with Gasteiger partial charge in [-0.25, -0.2) is 9.59 Å². The number of carbonyl (C=O) groups is 2. The van der Waals surface area contributed by atoms with Gasteiger partial charge in [0.1, 0.15) is 19.3 Å². The molecule has 1 amide bonds. The molecule has 0 aliphatic carbocycles. The van der Waals surface area contributed by atoms with Gasteiger partial charge in [-0.3, -0.25) is 4.90 Å². The minimum absolute atomic E-state index is 0.204. The molecule has 5 nitrogen and oxygen atoms in total. The molecule has 0 N–H and O–H groups in total. The highest BCUT2D eigenvalue weighted by Crippen LogP contribution is 2.20. The van der Waals surface area contributed by atoms with Gasteiger partial charge in [-0.1, -0.05) is 35.9 Å². The van der Waals surface area contributed by atoms with E-state index in [0.29, 0.717) is 13.0 Å². The predicted octanol–water partition coefficient (Wildman–Crippen LogP) is 3.30. The molecule has 124 valence electrons. The fraction of sp³-hybridized carbons (Fsp3) is 0.444. The van der Waals surface area contributed by atoms with Gasteiger partial charge >= 0.3 is 12.1 Å². The van der Waals surface area contributed by atoms with Crippen LogP contribution in [0.2, 0.25) is 0 Å². The van der Waals surface area contributed by atoms with E-state index in [1.807, 2.05) is 50.3 Å². The highest BCUT2D eigenvalue weighted by molar-refractivity contribution is 5.82. The van der Waals surface area contributed by atoms with Crippen molar-refractivity contribution in [2.24, 2.45) is 0 Å². The van der Waals surface area contributed by atoms with Crippen LogP contribution in [0, 0.1) is 0 Å². The summed E-state index contributed by atoms with van der Waals surface area (Å²) in [5.41, 5.74) is 2.01. The maximum Gasteiger partial charge on any atom is 0.410 e. The van der Waals surface area contributed by atoms with Crippen molar-refractivity contribution in [3.05, 3.63) is 47.5 Å². The minimum atomic E-state index is -0.538. The molecule has 0 spiro atoms. The maximum absolute atomic E-state index is 12.2. The number of rotatable bonds is 5. The van der Waals surface area contributed by atoms with Crippen LogP contribution in [0.1, 0.15) is 32.3 Å². The largest absolute Gasteiger partial charge is 0.460 e. The average Bonchev–Trinajstić information content (AvgIpc) is 3.03. The molecule has 1 aliphatic heterocycles. The lowest BCUT2D eigenvalue weighted by Crippen LogP contribution is -2.41. The topological polar surface area (TPSA) is 55.8 Å². The normalized spacial score (nSPS) is 16.8. The number of carbonyl (C=O) groups excluding carboxylic acids is 2. The zero-order valence-corrected chi connectivity index (χ0v) is 13.7. The molecular weight excluding hydrogens is 294 g/mol. The first-order valence-corrected chi connectivity index (χ1v) is 7.85. The van der Waals surface area contributed by atoms with Crippen molar-refractivity contribution in [3.63, 3.8) is 0 Å². The Labute approximate surface area is 136 Å². The smallest absolute Gasteiger partial charge is 0.410 e. The first kappa shape index (κ1) is 17.1. The van der Waals surface area contributed by atoms with Crippen molar-refractivity contribution in [1.29, 1.82) is 0 Å². The second-order valence-corrected chi connectivity index (χ2v) is 5.80. The summed E-state index contributed by atoms with van der Waals surface area (Å²) in [6, 6.07) is 8.93. The van der Waals surface area contributed by atoms with E-state index in [1.54, 1.807) is 0 Å². The molecule has 0 unspecified atom stereocenters. The van der Waals surface area contributed by atoms with Gasteiger partial charge in [0.15, 0.2) is 0 Å². The summed E-state index contributed by atoms with van der Waals surface area (Å²) in [6.45, 7) is 4.85. The lowest BCUT2D eigenvalue weighted by Gasteiger charge is -2.22. The van der Waals surface area contributed by atoms with Crippen LogP contribution in [-0.4, -0.2) is 36.2 Å². The average molecular weight is 317 g/mol. The van der Waals surface area contributed by atoms with Crippen molar-refractivity contribution in [2.75, 3.05) is 13.2 Å². The third-order valence-corrected chi connectivity index (χ3v) is 3.68. The molecule has 1 aliphatic rings. The molecule has 5 heteroatoms. The van der Waals surface area contributed by atoms with Crippen LogP contribution in [0.5, 0.6) is 0 Å². The fourth-order valence-electron chi connectivity index (χ4n) is 2.42. The number of hydrogen-bond donors (Lipinski definition) is 0. The molecule has 1 saturated heterocycles. The Hall–Kier alpha value is -2.30. The first-order valence-electron chi connectivity index (χ1n) is 7.85. The minimum Gasteiger partial charge on any atom is -0.460 e. The van der Waals surface area contributed by atoms with Crippen LogP contribution in [-0.2, 0) is 20.9 Å². The summed E-state index contributed by atoms with van der Waals surface area (Å²) in [6.07, 6.45) is 2.78. The Bertz CT molecular complexity index is 564. The maximum atomic E-state index is 12.2. The summed E-state index contributed by atoms with van der Waals surface area (Å²) in [5.74, 6) is -0.364. The molecule has 0 aromatic heterocycles. The van der Waals surface area contributed by atoms with Crippen LogP contribution < -0.4 is 0 Å².